The van der Waals surface area contributed by atoms with Crippen molar-refractivity contribution < 1.29 is 4.42 Å². The number of nitrogens with two attached hydrogens (primary N) is 1. The second-order valence-corrected chi connectivity index (χ2v) is 5.76. The first-order chi connectivity index (χ1) is 11.1. The summed E-state index contributed by atoms with van der Waals surface area (Å²) in [5, 5.41) is 0. The van der Waals surface area contributed by atoms with Crippen LogP contribution in [0.25, 0.3) is 6.08 Å². The number of nitrogen functional groups attached to an aromatic ring is 1. The molecule has 0 aliphatic carbocycles. The number of hydrogen-bond donors (Lipinski definition) is 2. The van der Waals surface area contributed by atoms with Crippen molar-refractivity contribution >= 4 is 17.8 Å². The number of hydrogen-bond acceptors (Lipinski definition) is 6. The minimum atomic E-state index is -0.216. The molecule has 0 amide bonds. The minimum Gasteiger partial charge on any atom is -0.465 e. The molecule has 0 atom stereocenters. The summed E-state index contributed by atoms with van der Waals surface area (Å²) in [5.74, 6) is 1.69. The molecule has 1 aliphatic heterocycles. The zero-order valence-corrected chi connectivity index (χ0v) is 13.2. The number of anilines is 2. The molecule has 1 saturated heterocycles. The fraction of sp³-hybridized carbons (Fsp3) is 0.375. The van der Waals surface area contributed by atoms with Gasteiger partial charge in [-0.05, 0) is 25.1 Å². The van der Waals surface area contributed by atoms with Crippen LogP contribution in [0.3, 0.4) is 0 Å². The van der Waals surface area contributed by atoms with E-state index in [1.165, 1.54) is 11.6 Å². The van der Waals surface area contributed by atoms with Gasteiger partial charge in [0, 0.05) is 38.8 Å². The van der Waals surface area contributed by atoms with E-state index in [4.69, 9.17) is 10.2 Å². The molecule has 2 aromatic heterocycles. The summed E-state index contributed by atoms with van der Waals surface area (Å²) in [7, 11) is 0. The van der Waals surface area contributed by atoms with Crippen molar-refractivity contribution in [2.75, 3.05) is 43.4 Å². The summed E-state index contributed by atoms with van der Waals surface area (Å²) < 4.78 is 5.33. The molecule has 0 radical (unpaired) electrons. The van der Waals surface area contributed by atoms with E-state index in [0.29, 0.717) is 5.82 Å². The van der Waals surface area contributed by atoms with Gasteiger partial charge in [-0.3, -0.25) is 14.7 Å². The van der Waals surface area contributed by atoms with E-state index in [1.54, 1.807) is 6.26 Å². The summed E-state index contributed by atoms with van der Waals surface area (Å²) in [6.07, 6.45) is 3.74. The van der Waals surface area contributed by atoms with Crippen molar-refractivity contribution in [1.29, 1.82) is 0 Å². The fourth-order valence-corrected chi connectivity index (χ4v) is 2.77. The molecule has 0 bridgehead atoms. The number of aromatic amines is 1. The molecule has 23 heavy (non-hydrogen) atoms. The average molecular weight is 315 g/mol. The van der Waals surface area contributed by atoms with Crippen molar-refractivity contribution in [3.8, 4) is 0 Å². The minimum absolute atomic E-state index is 0.159. The molecule has 7 nitrogen and oxygen atoms in total. The topological polar surface area (TPSA) is 91.4 Å². The Morgan fingerprint density at radius 1 is 1.43 bits per heavy atom. The average Bonchev–Trinajstić information content (AvgIpc) is 2.99. The maximum Gasteiger partial charge on any atom is 0.254 e. The van der Waals surface area contributed by atoms with Gasteiger partial charge in [-0.1, -0.05) is 5.57 Å². The highest BCUT2D eigenvalue weighted by molar-refractivity contribution is 5.47. The molecule has 0 spiro atoms. The molecule has 3 heterocycles. The van der Waals surface area contributed by atoms with Crippen molar-refractivity contribution in [2.24, 2.45) is 0 Å². The number of nitrogens with one attached hydrogen (secondary N) is 1. The number of nitrogens with zero attached hydrogens (tertiary/aromatic N) is 3. The number of aromatic nitrogens is 2. The molecular formula is C16H21N5O2. The van der Waals surface area contributed by atoms with Crippen LogP contribution < -0.4 is 16.2 Å². The van der Waals surface area contributed by atoms with Gasteiger partial charge in [0.15, 0.2) is 0 Å². The first-order valence-electron chi connectivity index (χ1n) is 7.65. The lowest BCUT2D eigenvalue weighted by molar-refractivity contribution is 0.278. The molecule has 1 aliphatic rings. The molecule has 1 fully saturated rings. The summed E-state index contributed by atoms with van der Waals surface area (Å²) >= 11 is 0. The number of piperazine rings is 1. The third-order valence-corrected chi connectivity index (χ3v) is 3.85. The van der Waals surface area contributed by atoms with E-state index in [0.717, 1.165) is 38.5 Å². The maximum absolute atomic E-state index is 11.5. The Morgan fingerprint density at radius 2 is 2.22 bits per heavy atom. The lowest BCUT2D eigenvalue weighted by atomic mass is 10.2. The van der Waals surface area contributed by atoms with Gasteiger partial charge in [0.05, 0.1) is 6.26 Å². The van der Waals surface area contributed by atoms with Crippen LogP contribution in [-0.4, -0.2) is 47.6 Å². The van der Waals surface area contributed by atoms with Crippen LogP contribution in [0.5, 0.6) is 0 Å². The van der Waals surface area contributed by atoms with Crippen LogP contribution in [0.2, 0.25) is 0 Å². The number of rotatable bonds is 4. The third-order valence-electron chi connectivity index (χ3n) is 3.85. The van der Waals surface area contributed by atoms with E-state index < -0.39 is 0 Å². The van der Waals surface area contributed by atoms with Crippen molar-refractivity contribution in [1.82, 2.24) is 14.9 Å². The number of H-pyrrole nitrogens is 1. The van der Waals surface area contributed by atoms with Gasteiger partial charge >= 0.3 is 0 Å². The Balaban J connectivity index is 1.57. The first-order valence-corrected chi connectivity index (χ1v) is 7.65. The van der Waals surface area contributed by atoms with Gasteiger partial charge in [0.2, 0.25) is 5.95 Å². The van der Waals surface area contributed by atoms with Crippen LogP contribution in [-0.2, 0) is 0 Å². The van der Waals surface area contributed by atoms with Crippen molar-refractivity contribution in [3.63, 3.8) is 0 Å². The van der Waals surface area contributed by atoms with E-state index >= 15 is 0 Å². The van der Waals surface area contributed by atoms with E-state index in [9.17, 15) is 4.79 Å². The molecular weight excluding hydrogens is 294 g/mol. The standard InChI is InChI=1S/C16H21N5O2/c1-12(9-13-3-2-8-23-13)11-20-4-6-21(7-5-20)14-10-15(22)19-16(17)18-14/h2-3,8-10H,4-7,11H2,1H3,(H3,17,18,19,22)/b12-9+. The summed E-state index contributed by atoms with van der Waals surface area (Å²) in [6.45, 7) is 6.48. The van der Waals surface area contributed by atoms with Crippen LogP contribution >= 0.6 is 0 Å². The van der Waals surface area contributed by atoms with Gasteiger partial charge in [-0.15, -0.1) is 0 Å². The molecule has 7 heteroatoms. The van der Waals surface area contributed by atoms with Crippen LogP contribution in [0, 0.1) is 0 Å². The SMILES string of the molecule is C/C(=C\c1ccco1)CN1CCN(c2cc(=O)[nH]c(N)n2)CC1. The highest BCUT2D eigenvalue weighted by Crippen LogP contribution is 2.14. The fourth-order valence-electron chi connectivity index (χ4n) is 2.77. The lowest BCUT2D eigenvalue weighted by Gasteiger charge is -2.35. The molecule has 0 aromatic carbocycles. The second-order valence-electron chi connectivity index (χ2n) is 5.76. The second kappa shape index (κ2) is 6.70. The summed E-state index contributed by atoms with van der Waals surface area (Å²) in [4.78, 5) is 22.6. The predicted molar refractivity (Wildman–Crippen MR) is 90.3 cm³/mol. The van der Waals surface area contributed by atoms with Gasteiger partial charge in [-0.25, -0.2) is 0 Å². The van der Waals surface area contributed by atoms with Gasteiger partial charge < -0.3 is 15.1 Å². The molecule has 0 unspecified atom stereocenters. The van der Waals surface area contributed by atoms with Gasteiger partial charge in [0.1, 0.15) is 11.6 Å². The highest BCUT2D eigenvalue weighted by Gasteiger charge is 2.18. The van der Waals surface area contributed by atoms with E-state index in [-0.39, 0.29) is 11.5 Å². The highest BCUT2D eigenvalue weighted by atomic mass is 16.3. The maximum atomic E-state index is 11.5. The third kappa shape index (κ3) is 4.01. The predicted octanol–water partition coefficient (Wildman–Crippen LogP) is 1.17. The monoisotopic (exact) mass is 315 g/mol. The first kappa shape index (κ1) is 15.4. The Labute approximate surface area is 134 Å². The Kier molecular flexibility index (Phi) is 4.47. The summed E-state index contributed by atoms with van der Waals surface area (Å²) in [6, 6.07) is 5.33. The molecule has 122 valence electrons. The van der Waals surface area contributed by atoms with Gasteiger partial charge in [-0.2, -0.15) is 4.98 Å². The van der Waals surface area contributed by atoms with Crippen LogP contribution in [0.1, 0.15) is 12.7 Å². The normalized spacial score (nSPS) is 16.7. The Bertz CT molecular complexity index is 727. The lowest BCUT2D eigenvalue weighted by Crippen LogP contribution is -2.47. The molecule has 0 saturated carbocycles. The molecule has 3 rings (SSSR count). The summed E-state index contributed by atoms with van der Waals surface area (Å²) in [5.41, 5.74) is 6.64. The van der Waals surface area contributed by atoms with Gasteiger partial charge in [0.25, 0.3) is 5.56 Å². The van der Waals surface area contributed by atoms with Crippen LogP contribution in [0.4, 0.5) is 11.8 Å². The Hall–Kier alpha value is -2.54. The zero-order valence-electron chi connectivity index (χ0n) is 13.2. The zero-order chi connectivity index (χ0) is 16.2. The van der Waals surface area contributed by atoms with Crippen LogP contribution in [0.15, 0.2) is 39.2 Å². The Morgan fingerprint density at radius 3 is 2.87 bits per heavy atom. The van der Waals surface area contributed by atoms with E-state index in [2.05, 4.69) is 32.8 Å². The molecule has 3 N–H and O–H groups in total. The quantitative estimate of drug-likeness (QED) is 0.880. The van der Waals surface area contributed by atoms with Crippen molar-refractivity contribution in [3.05, 3.63) is 46.1 Å². The largest absolute Gasteiger partial charge is 0.465 e. The number of furan rings is 1. The molecule has 2 aromatic rings. The van der Waals surface area contributed by atoms with Crippen molar-refractivity contribution in [2.45, 2.75) is 6.92 Å². The van der Waals surface area contributed by atoms with E-state index in [1.807, 2.05) is 12.1 Å². The smallest absolute Gasteiger partial charge is 0.254 e.